The summed E-state index contributed by atoms with van der Waals surface area (Å²) < 4.78 is 5.82. The van der Waals surface area contributed by atoms with Crippen LogP contribution in [0.2, 0.25) is 0 Å². The second kappa shape index (κ2) is 7.07. The molecule has 1 heterocycles. The van der Waals surface area contributed by atoms with E-state index in [0.717, 1.165) is 30.2 Å². The standard InChI is InChI=1S/C15H21N3O/c1-3-16-10-13-11-17-15(18-13)14(19-4-2)12-8-6-5-7-9-12/h5-9,11,14,16H,3-4,10H2,1-2H3,(H,17,18). The van der Waals surface area contributed by atoms with E-state index in [4.69, 9.17) is 4.74 Å². The molecule has 0 spiro atoms. The first-order valence-electron chi connectivity index (χ1n) is 6.76. The minimum Gasteiger partial charge on any atom is -0.366 e. The van der Waals surface area contributed by atoms with Crippen LogP contribution in [-0.4, -0.2) is 23.1 Å². The highest BCUT2D eigenvalue weighted by Gasteiger charge is 2.17. The molecule has 1 unspecified atom stereocenters. The van der Waals surface area contributed by atoms with Gasteiger partial charge in [-0.15, -0.1) is 0 Å². The van der Waals surface area contributed by atoms with Crippen LogP contribution in [0.3, 0.4) is 0 Å². The Morgan fingerprint density at radius 3 is 2.74 bits per heavy atom. The lowest BCUT2D eigenvalue weighted by atomic mass is 10.1. The van der Waals surface area contributed by atoms with Gasteiger partial charge < -0.3 is 15.0 Å². The number of H-pyrrole nitrogens is 1. The summed E-state index contributed by atoms with van der Waals surface area (Å²) in [5.74, 6) is 0.862. The normalized spacial score (nSPS) is 12.5. The van der Waals surface area contributed by atoms with Crippen molar-refractivity contribution in [2.24, 2.45) is 0 Å². The molecule has 0 bridgehead atoms. The van der Waals surface area contributed by atoms with E-state index in [9.17, 15) is 0 Å². The van der Waals surface area contributed by atoms with Crippen LogP contribution in [-0.2, 0) is 11.3 Å². The van der Waals surface area contributed by atoms with Gasteiger partial charge in [0.15, 0.2) is 0 Å². The van der Waals surface area contributed by atoms with Gasteiger partial charge in [-0.05, 0) is 19.0 Å². The quantitative estimate of drug-likeness (QED) is 0.803. The van der Waals surface area contributed by atoms with E-state index >= 15 is 0 Å². The number of rotatable bonds is 7. The molecule has 0 saturated carbocycles. The first-order chi connectivity index (χ1) is 9.35. The summed E-state index contributed by atoms with van der Waals surface area (Å²) in [5.41, 5.74) is 2.20. The number of hydrogen-bond donors (Lipinski definition) is 2. The summed E-state index contributed by atoms with van der Waals surface area (Å²) in [4.78, 5) is 7.78. The summed E-state index contributed by atoms with van der Waals surface area (Å²) in [7, 11) is 0. The molecular formula is C15H21N3O. The van der Waals surface area contributed by atoms with Gasteiger partial charge in [-0.3, -0.25) is 0 Å². The maximum absolute atomic E-state index is 5.82. The molecule has 2 aromatic rings. The Morgan fingerprint density at radius 2 is 2.05 bits per heavy atom. The number of aromatic nitrogens is 2. The number of hydrogen-bond acceptors (Lipinski definition) is 3. The van der Waals surface area contributed by atoms with Crippen molar-refractivity contribution in [1.82, 2.24) is 15.3 Å². The van der Waals surface area contributed by atoms with Crippen molar-refractivity contribution in [3.63, 3.8) is 0 Å². The molecule has 0 fully saturated rings. The number of nitrogens with one attached hydrogen (secondary N) is 2. The molecule has 0 saturated heterocycles. The Morgan fingerprint density at radius 1 is 1.26 bits per heavy atom. The third-order valence-electron chi connectivity index (χ3n) is 2.90. The number of imidazole rings is 1. The molecule has 4 heteroatoms. The van der Waals surface area contributed by atoms with E-state index in [1.807, 2.05) is 31.3 Å². The topological polar surface area (TPSA) is 49.9 Å². The summed E-state index contributed by atoms with van der Waals surface area (Å²) in [6.07, 6.45) is 1.74. The summed E-state index contributed by atoms with van der Waals surface area (Å²) in [6.45, 7) is 6.49. The zero-order valence-electron chi connectivity index (χ0n) is 11.5. The van der Waals surface area contributed by atoms with Crippen LogP contribution in [0, 0.1) is 0 Å². The van der Waals surface area contributed by atoms with Gasteiger partial charge in [0.25, 0.3) is 0 Å². The molecule has 1 atom stereocenters. The second-order valence-electron chi connectivity index (χ2n) is 4.32. The van der Waals surface area contributed by atoms with Crippen LogP contribution in [0.25, 0.3) is 0 Å². The highest BCUT2D eigenvalue weighted by atomic mass is 16.5. The van der Waals surface area contributed by atoms with Gasteiger partial charge in [0.1, 0.15) is 11.9 Å². The zero-order chi connectivity index (χ0) is 13.5. The van der Waals surface area contributed by atoms with E-state index in [1.54, 1.807) is 0 Å². The first kappa shape index (κ1) is 13.8. The predicted octanol–water partition coefficient (Wildman–Crippen LogP) is 2.65. The average molecular weight is 259 g/mol. The van der Waals surface area contributed by atoms with Crippen molar-refractivity contribution in [2.75, 3.05) is 13.2 Å². The molecule has 0 aliphatic carbocycles. The van der Waals surface area contributed by atoms with Gasteiger partial charge in [-0.25, -0.2) is 4.98 Å². The van der Waals surface area contributed by atoms with E-state index in [2.05, 4.69) is 34.3 Å². The van der Waals surface area contributed by atoms with Crippen LogP contribution in [0.1, 0.15) is 37.0 Å². The minimum absolute atomic E-state index is 0.124. The summed E-state index contributed by atoms with van der Waals surface area (Å²) >= 11 is 0. The van der Waals surface area contributed by atoms with Gasteiger partial charge in [0.2, 0.25) is 0 Å². The van der Waals surface area contributed by atoms with Crippen molar-refractivity contribution in [2.45, 2.75) is 26.5 Å². The minimum atomic E-state index is -0.124. The maximum Gasteiger partial charge on any atom is 0.140 e. The summed E-state index contributed by atoms with van der Waals surface area (Å²) in [6, 6.07) is 10.2. The number of ether oxygens (including phenoxy) is 1. The lowest BCUT2D eigenvalue weighted by Gasteiger charge is -2.15. The molecule has 4 nitrogen and oxygen atoms in total. The van der Waals surface area contributed by atoms with E-state index in [1.165, 1.54) is 0 Å². The van der Waals surface area contributed by atoms with E-state index < -0.39 is 0 Å². The van der Waals surface area contributed by atoms with Crippen molar-refractivity contribution in [3.05, 3.63) is 53.6 Å². The fourth-order valence-corrected chi connectivity index (χ4v) is 1.99. The van der Waals surface area contributed by atoms with Crippen LogP contribution in [0.5, 0.6) is 0 Å². The average Bonchev–Trinajstić information content (AvgIpc) is 2.92. The largest absolute Gasteiger partial charge is 0.366 e. The van der Waals surface area contributed by atoms with Crippen LogP contribution >= 0.6 is 0 Å². The molecule has 1 aromatic heterocycles. The Balaban J connectivity index is 2.17. The Bertz CT molecular complexity index is 481. The third-order valence-corrected chi connectivity index (χ3v) is 2.90. The molecule has 0 aliphatic heterocycles. The molecule has 19 heavy (non-hydrogen) atoms. The number of benzene rings is 1. The molecule has 0 aliphatic rings. The molecule has 102 valence electrons. The number of nitrogens with zero attached hydrogens (tertiary/aromatic N) is 1. The highest BCUT2D eigenvalue weighted by molar-refractivity contribution is 5.23. The molecule has 2 N–H and O–H groups in total. The Hall–Kier alpha value is -1.65. The van der Waals surface area contributed by atoms with Crippen LogP contribution in [0.15, 0.2) is 36.5 Å². The van der Waals surface area contributed by atoms with Crippen LogP contribution in [0.4, 0.5) is 0 Å². The Kier molecular flexibility index (Phi) is 5.12. The lowest BCUT2D eigenvalue weighted by molar-refractivity contribution is 0.0856. The third kappa shape index (κ3) is 3.66. The zero-order valence-corrected chi connectivity index (χ0v) is 11.5. The Labute approximate surface area is 114 Å². The fourth-order valence-electron chi connectivity index (χ4n) is 1.99. The van der Waals surface area contributed by atoms with E-state index in [-0.39, 0.29) is 6.10 Å². The van der Waals surface area contributed by atoms with Crippen LogP contribution < -0.4 is 5.32 Å². The van der Waals surface area contributed by atoms with E-state index in [0.29, 0.717) is 6.61 Å². The van der Waals surface area contributed by atoms with Gasteiger partial charge in [0.05, 0.1) is 0 Å². The second-order valence-corrected chi connectivity index (χ2v) is 4.32. The van der Waals surface area contributed by atoms with Gasteiger partial charge in [-0.2, -0.15) is 0 Å². The highest BCUT2D eigenvalue weighted by Crippen LogP contribution is 2.23. The van der Waals surface area contributed by atoms with Crippen molar-refractivity contribution >= 4 is 0 Å². The maximum atomic E-state index is 5.82. The lowest BCUT2D eigenvalue weighted by Crippen LogP contribution is -2.12. The smallest absolute Gasteiger partial charge is 0.140 e. The number of aromatic amines is 1. The summed E-state index contributed by atoms with van der Waals surface area (Å²) in [5, 5.41) is 3.28. The molecule has 2 rings (SSSR count). The van der Waals surface area contributed by atoms with Gasteiger partial charge >= 0.3 is 0 Å². The monoisotopic (exact) mass is 259 g/mol. The van der Waals surface area contributed by atoms with Gasteiger partial charge in [0, 0.05) is 25.0 Å². The first-order valence-corrected chi connectivity index (χ1v) is 6.76. The van der Waals surface area contributed by atoms with Gasteiger partial charge in [-0.1, -0.05) is 37.3 Å². The SMILES string of the molecule is CCNCc1cnc(C(OCC)c2ccccc2)[nH]1. The van der Waals surface area contributed by atoms with Crippen molar-refractivity contribution < 1.29 is 4.74 Å². The van der Waals surface area contributed by atoms with Crippen molar-refractivity contribution in [3.8, 4) is 0 Å². The molecular weight excluding hydrogens is 238 g/mol. The molecule has 0 amide bonds. The van der Waals surface area contributed by atoms with Crippen molar-refractivity contribution in [1.29, 1.82) is 0 Å². The fraction of sp³-hybridized carbons (Fsp3) is 0.400. The molecule has 0 radical (unpaired) electrons. The molecule has 1 aromatic carbocycles. The predicted molar refractivity (Wildman–Crippen MR) is 75.9 cm³/mol.